The lowest BCUT2D eigenvalue weighted by Gasteiger charge is -2.13. The lowest BCUT2D eigenvalue weighted by Crippen LogP contribution is -2.13. The van der Waals surface area contributed by atoms with Gasteiger partial charge in [0.25, 0.3) is 5.88 Å². The fourth-order valence-corrected chi connectivity index (χ4v) is 2.25. The molecule has 0 amide bonds. The fraction of sp³-hybridized carbons (Fsp3) is 0.714. The SMILES string of the molecule is CCCCOc1nc(C2CCCO2)nc(NCC)c1[N+](=O)[O-]. The molecule has 22 heavy (non-hydrogen) atoms. The van der Waals surface area contributed by atoms with Gasteiger partial charge in [-0.1, -0.05) is 13.3 Å². The Morgan fingerprint density at radius 1 is 1.45 bits per heavy atom. The molecule has 0 bridgehead atoms. The Labute approximate surface area is 129 Å². The lowest BCUT2D eigenvalue weighted by atomic mass is 10.2. The van der Waals surface area contributed by atoms with Crippen LogP contribution >= 0.6 is 0 Å². The van der Waals surface area contributed by atoms with Crippen LogP contribution in [0.25, 0.3) is 0 Å². The van der Waals surface area contributed by atoms with E-state index < -0.39 is 4.92 Å². The summed E-state index contributed by atoms with van der Waals surface area (Å²) in [5, 5.41) is 14.3. The topological polar surface area (TPSA) is 99.4 Å². The third-order valence-corrected chi connectivity index (χ3v) is 3.35. The largest absolute Gasteiger partial charge is 0.473 e. The van der Waals surface area contributed by atoms with Crippen LogP contribution in [0.2, 0.25) is 0 Å². The number of hydrogen-bond donors (Lipinski definition) is 1. The van der Waals surface area contributed by atoms with Gasteiger partial charge in [-0.25, -0.2) is 4.98 Å². The van der Waals surface area contributed by atoms with E-state index in [0.717, 1.165) is 25.7 Å². The quantitative estimate of drug-likeness (QED) is 0.447. The van der Waals surface area contributed by atoms with Crippen molar-refractivity contribution in [1.82, 2.24) is 9.97 Å². The Balaban J connectivity index is 2.37. The first-order valence-electron chi connectivity index (χ1n) is 7.72. The molecule has 1 aliphatic heterocycles. The molecule has 0 radical (unpaired) electrons. The van der Waals surface area contributed by atoms with Crippen LogP contribution < -0.4 is 10.1 Å². The Kier molecular flexibility index (Phi) is 5.88. The minimum Gasteiger partial charge on any atom is -0.473 e. The maximum absolute atomic E-state index is 11.4. The van der Waals surface area contributed by atoms with Crippen molar-refractivity contribution in [3.63, 3.8) is 0 Å². The molecule has 1 aromatic heterocycles. The van der Waals surface area contributed by atoms with Crippen LogP contribution in [-0.4, -0.2) is 34.6 Å². The number of nitrogens with zero attached hydrogens (tertiary/aromatic N) is 3. The monoisotopic (exact) mass is 310 g/mol. The number of aromatic nitrogens is 2. The third-order valence-electron chi connectivity index (χ3n) is 3.35. The van der Waals surface area contributed by atoms with Gasteiger partial charge in [-0.05, 0) is 26.2 Å². The molecule has 1 aliphatic rings. The summed E-state index contributed by atoms with van der Waals surface area (Å²) in [5.74, 6) is 0.667. The second-order valence-corrected chi connectivity index (χ2v) is 5.08. The van der Waals surface area contributed by atoms with E-state index in [4.69, 9.17) is 9.47 Å². The summed E-state index contributed by atoms with van der Waals surface area (Å²) in [7, 11) is 0. The Hall–Kier alpha value is -1.96. The van der Waals surface area contributed by atoms with E-state index in [1.54, 1.807) is 0 Å². The second-order valence-electron chi connectivity index (χ2n) is 5.08. The normalized spacial score (nSPS) is 17.5. The van der Waals surface area contributed by atoms with Gasteiger partial charge in [-0.15, -0.1) is 0 Å². The average molecular weight is 310 g/mol. The number of nitro groups is 1. The van der Waals surface area contributed by atoms with Crippen molar-refractivity contribution in [2.75, 3.05) is 25.1 Å². The Morgan fingerprint density at radius 2 is 2.27 bits per heavy atom. The molecule has 2 heterocycles. The minimum atomic E-state index is -0.501. The highest BCUT2D eigenvalue weighted by Gasteiger charge is 2.30. The highest BCUT2D eigenvalue weighted by atomic mass is 16.6. The van der Waals surface area contributed by atoms with Crippen LogP contribution in [0.4, 0.5) is 11.5 Å². The molecule has 0 spiro atoms. The minimum absolute atomic E-state index is 0.0231. The standard InChI is InChI=1S/C14H22N4O4/c1-3-5-8-22-14-11(18(19)20)13(15-4-2)16-12(17-14)10-7-6-9-21-10/h10H,3-9H2,1-2H3,(H,15,16,17). The molecule has 1 unspecified atom stereocenters. The molecule has 0 saturated carbocycles. The Bertz CT molecular complexity index is 518. The molecular weight excluding hydrogens is 288 g/mol. The van der Waals surface area contributed by atoms with Crippen LogP contribution in [0, 0.1) is 10.1 Å². The van der Waals surface area contributed by atoms with Gasteiger partial charge in [0, 0.05) is 13.2 Å². The van der Waals surface area contributed by atoms with E-state index in [0.29, 0.717) is 25.6 Å². The van der Waals surface area contributed by atoms with Crippen molar-refractivity contribution in [3.8, 4) is 5.88 Å². The smallest absolute Gasteiger partial charge is 0.372 e. The molecular formula is C14H22N4O4. The highest BCUT2D eigenvalue weighted by molar-refractivity contribution is 5.61. The number of nitrogens with one attached hydrogen (secondary N) is 1. The number of unbranched alkanes of at least 4 members (excludes halogenated alkanes) is 1. The summed E-state index contributed by atoms with van der Waals surface area (Å²) >= 11 is 0. The zero-order chi connectivity index (χ0) is 15.9. The van der Waals surface area contributed by atoms with E-state index >= 15 is 0 Å². The first-order chi connectivity index (χ1) is 10.7. The predicted octanol–water partition coefficient (Wildman–Crippen LogP) is 2.85. The average Bonchev–Trinajstić information content (AvgIpc) is 3.01. The zero-order valence-corrected chi connectivity index (χ0v) is 13.0. The first-order valence-corrected chi connectivity index (χ1v) is 7.72. The van der Waals surface area contributed by atoms with Gasteiger partial charge < -0.3 is 14.8 Å². The van der Waals surface area contributed by atoms with Crippen molar-refractivity contribution < 1.29 is 14.4 Å². The van der Waals surface area contributed by atoms with Crippen molar-refractivity contribution in [3.05, 3.63) is 15.9 Å². The van der Waals surface area contributed by atoms with Crippen LogP contribution in [0.15, 0.2) is 0 Å². The summed E-state index contributed by atoms with van der Waals surface area (Å²) in [4.78, 5) is 19.4. The van der Waals surface area contributed by atoms with E-state index in [1.807, 2.05) is 13.8 Å². The van der Waals surface area contributed by atoms with Gasteiger partial charge in [0.1, 0.15) is 6.10 Å². The summed E-state index contributed by atoms with van der Waals surface area (Å²) < 4.78 is 11.1. The van der Waals surface area contributed by atoms with Crippen LogP contribution in [-0.2, 0) is 4.74 Å². The van der Waals surface area contributed by atoms with Gasteiger partial charge >= 0.3 is 5.69 Å². The molecule has 0 aromatic carbocycles. The van der Waals surface area contributed by atoms with Crippen molar-refractivity contribution in [1.29, 1.82) is 0 Å². The number of hydrogen-bond acceptors (Lipinski definition) is 7. The van der Waals surface area contributed by atoms with E-state index in [2.05, 4.69) is 15.3 Å². The molecule has 8 heteroatoms. The van der Waals surface area contributed by atoms with Crippen molar-refractivity contribution >= 4 is 11.5 Å². The molecule has 1 N–H and O–H groups in total. The molecule has 1 atom stereocenters. The van der Waals surface area contributed by atoms with Crippen LogP contribution in [0.5, 0.6) is 5.88 Å². The van der Waals surface area contributed by atoms with Gasteiger partial charge in [-0.2, -0.15) is 4.98 Å². The van der Waals surface area contributed by atoms with E-state index in [-0.39, 0.29) is 23.5 Å². The maximum Gasteiger partial charge on any atom is 0.372 e. The number of ether oxygens (including phenoxy) is 2. The number of anilines is 1. The van der Waals surface area contributed by atoms with Gasteiger partial charge in [0.2, 0.25) is 5.82 Å². The van der Waals surface area contributed by atoms with Gasteiger partial charge in [-0.3, -0.25) is 10.1 Å². The lowest BCUT2D eigenvalue weighted by molar-refractivity contribution is -0.385. The molecule has 1 aromatic rings. The van der Waals surface area contributed by atoms with Crippen molar-refractivity contribution in [2.45, 2.75) is 45.6 Å². The molecule has 122 valence electrons. The van der Waals surface area contributed by atoms with Gasteiger partial charge in [0.05, 0.1) is 11.5 Å². The van der Waals surface area contributed by atoms with E-state index in [1.165, 1.54) is 0 Å². The fourth-order valence-electron chi connectivity index (χ4n) is 2.25. The van der Waals surface area contributed by atoms with Crippen LogP contribution in [0.1, 0.15) is 51.5 Å². The summed E-state index contributed by atoms with van der Waals surface area (Å²) in [6.45, 7) is 5.46. The first kappa shape index (κ1) is 16.4. The highest BCUT2D eigenvalue weighted by Crippen LogP contribution is 2.35. The summed E-state index contributed by atoms with van der Waals surface area (Å²) in [6.07, 6.45) is 3.29. The molecule has 8 nitrogen and oxygen atoms in total. The van der Waals surface area contributed by atoms with Gasteiger partial charge in [0.15, 0.2) is 5.82 Å². The second kappa shape index (κ2) is 7.88. The Morgan fingerprint density at radius 3 is 2.86 bits per heavy atom. The number of rotatable bonds is 8. The maximum atomic E-state index is 11.4. The molecule has 0 aliphatic carbocycles. The van der Waals surface area contributed by atoms with E-state index in [9.17, 15) is 10.1 Å². The third kappa shape index (κ3) is 3.82. The van der Waals surface area contributed by atoms with Crippen molar-refractivity contribution in [2.24, 2.45) is 0 Å². The zero-order valence-electron chi connectivity index (χ0n) is 13.0. The summed E-state index contributed by atoms with van der Waals surface area (Å²) in [6, 6.07) is 0. The summed E-state index contributed by atoms with van der Waals surface area (Å²) in [5.41, 5.74) is -0.209. The molecule has 1 fully saturated rings. The predicted molar refractivity (Wildman–Crippen MR) is 81.2 cm³/mol. The van der Waals surface area contributed by atoms with Crippen LogP contribution in [0.3, 0.4) is 0 Å². The molecule has 2 rings (SSSR count). The molecule has 1 saturated heterocycles.